The van der Waals surface area contributed by atoms with Crippen LogP contribution in [0.5, 0.6) is 11.5 Å². The Morgan fingerprint density at radius 3 is 1.19 bits per heavy atom. The summed E-state index contributed by atoms with van der Waals surface area (Å²) in [6.07, 6.45) is -1.59. The fourth-order valence-corrected chi connectivity index (χ4v) is 2.55. The van der Waals surface area contributed by atoms with Crippen molar-refractivity contribution in [2.75, 3.05) is 14.2 Å². The number of hydrogen-bond donors (Lipinski definition) is 0. The van der Waals surface area contributed by atoms with Crippen molar-refractivity contribution in [3.05, 3.63) is 59.7 Å². The summed E-state index contributed by atoms with van der Waals surface area (Å²) in [7, 11) is 3.13. The first-order valence-electron chi connectivity index (χ1n) is 8.07. The van der Waals surface area contributed by atoms with Gasteiger partial charge in [0.15, 0.2) is 12.2 Å². The van der Waals surface area contributed by atoms with Crippen LogP contribution in [0.4, 0.5) is 0 Å². The summed E-state index contributed by atoms with van der Waals surface area (Å²) in [6.45, 7) is 2.63. The lowest BCUT2D eigenvalue weighted by molar-refractivity contribution is -0.166. The van der Waals surface area contributed by atoms with E-state index in [-0.39, 0.29) is 0 Å². The molecule has 0 spiro atoms. The Kier molecular flexibility index (Phi) is 6.60. The number of carbonyl (C=O) groups excluding carboxylic acids is 2. The first kappa shape index (κ1) is 19.3. The van der Waals surface area contributed by atoms with Crippen molar-refractivity contribution in [1.82, 2.24) is 0 Å². The van der Waals surface area contributed by atoms with Crippen LogP contribution in [0, 0.1) is 0 Å². The fraction of sp³-hybridized carbons (Fsp3) is 0.300. The van der Waals surface area contributed by atoms with Gasteiger partial charge in [0.1, 0.15) is 11.5 Å². The molecule has 0 aliphatic carbocycles. The van der Waals surface area contributed by atoms with E-state index in [1.54, 1.807) is 62.8 Å². The topological polar surface area (TPSA) is 71.1 Å². The molecular weight excluding hydrogens is 336 g/mol. The molecular formula is C20H22O6. The molecule has 0 heterocycles. The van der Waals surface area contributed by atoms with Crippen molar-refractivity contribution >= 4 is 11.9 Å². The summed E-state index contributed by atoms with van der Waals surface area (Å²) >= 11 is 0. The van der Waals surface area contributed by atoms with E-state index in [2.05, 4.69) is 0 Å². The van der Waals surface area contributed by atoms with Gasteiger partial charge in [-0.15, -0.1) is 0 Å². The molecule has 0 radical (unpaired) electrons. The molecule has 0 aliphatic heterocycles. The van der Waals surface area contributed by atoms with Crippen molar-refractivity contribution in [3.8, 4) is 11.5 Å². The molecule has 138 valence electrons. The van der Waals surface area contributed by atoms with Gasteiger partial charge >= 0.3 is 11.9 Å². The maximum atomic E-state index is 11.7. The summed E-state index contributed by atoms with van der Waals surface area (Å²) in [5.41, 5.74) is 1.37. The van der Waals surface area contributed by atoms with Crippen LogP contribution in [0.2, 0.25) is 0 Å². The molecule has 0 fully saturated rings. The third kappa shape index (κ3) is 4.99. The van der Waals surface area contributed by atoms with E-state index in [1.165, 1.54) is 13.8 Å². The van der Waals surface area contributed by atoms with Crippen LogP contribution in [-0.4, -0.2) is 26.2 Å². The Morgan fingerprint density at radius 2 is 0.962 bits per heavy atom. The van der Waals surface area contributed by atoms with Crippen LogP contribution < -0.4 is 9.47 Å². The molecule has 2 unspecified atom stereocenters. The number of benzene rings is 2. The van der Waals surface area contributed by atoms with E-state index < -0.39 is 24.1 Å². The first-order valence-corrected chi connectivity index (χ1v) is 8.07. The molecule has 2 atom stereocenters. The maximum Gasteiger partial charge on any atom is 0.303 e. The average molecular weight is 358 g/mol. The van der Waals surface area contributed by atoms with E-state index in [9.17, 15) is 9.59 Å². The summed E-state index contributed by atoms with van der Waals surface area (Å²) < 4.78 is 21.3. The zero-order chi connectivity index (χ0) is 19.1. The maximum absolute atomic E-state index is 11.7. The lowest BCUT2D eigenvalue weighted by Gasteiger charge is -2.27. The predicted octanol–water partition coefficient (Wildman–Crippen LogP) is 3.61. The van der Waals surface area contributed by atoms with Gasteiger partial charge in [-0.1, -0.05) is 24.3 Å². The summed E-state index contributed by atoms with van der Waals surface area (Å²) in [4.78, 5) is 23.3. The lowest BCUT2D eigenvalue weighted by Crippen LogP contribution is -2.21. The summed E-state index contributed by atoms with van der Waals surface area (Å²) in [6, 6.07) is 14.1. The van der Waals surface area contributed by atoms with E-state index in [1.807, 2.05) is 0 Å². The second-order valence-corrected chi connectivity index (χ2v) is 5.61. The third-order valence-electron chi connectivity index (χ3n) is 3.75. The van der Waals surface area contributed by atoms with Gasteiger partial charge in [0.2, 0.25) is 0 Å². The average Bonchev–Trinajstić information content (AvgIpc) is 2.64. The van der Waals surface area contributed by atoms with Gasteiger partial charge in [0, 0.05) is 13.8 Å². The molecule has 0 aliphatic rings. The molecule has 0 bridgehead atoms. The number of ether oxygens (including phenoxy) is 4. The van der Waals surface area contributed by atoms with Crippen LogP contribution in [0.3, 0.4) is 0 Å². The molecule has 6 nitrogen and oxygen atoms in total. The summed E-state index contributed by atoms with van der Waals surface area (Å²) in [5.74, 6) is 0.389. The second kappa shape index (κ2) is 8.89. The van der Waals surface area contributed by atoms with Gasteiger partial charge in [0.25, 0.3) is 0 Å². The number of hydrogen-bond acceptors (Lipinski definition) is 6. The molecule has 2 rings (SSSR count). The number of rotatable bonds is 7. The highest BCUT2D eigenvalue weighted by Crippen LogP contribution is 2.36. The SMILES string of the molecule is COc1ccc(C(OC(C)=O)C(OC(C)=O)c2ccc(OC)cc2)cc1. The molecule has 0 saturated heterocycles. The van der Waals surface area contributed by atoms with Crippen molar-refractivity contribution in [3.63, 3.8) is 0 Å². The zero-order valence-corrected chi connectivity index (χ0v) is 15.2. The third-order valence-corrected chi connectivity index (χ3v) is 3.75. The Bertz CT molecular complexity index is 670. The normalized spacial score (nSPS) is 12.6. The minimum atomic E-state index is -0.796. The fourth-order valence-electron chi connectivity index (χ4n) is 2.55. The largest absolute Gasteiger partial charge is 0.497 e. The highest BCUT2D eigenvalue weighted by molar-refractivity contribution is 5.68. The molecule has 6 heteroatoms. The Hall–Kier alpha value is -3.02. The highest BCUT2D eigenvalue weighted by atomic mass is 16.6. The van der Waals surface area contributed by atoms with Gasteiger partial charge in [-0.05, 0) is 35.4 Å². The van der Waals surface area contributed by atoms with Crippen LogP contribution in [0.15, 0.2) is 48.5 Å². The van der Waals surface area contributed by atoms with Gasteiger partial charge in [-0.3, -0.25) is 9.59 Å². The van der Waals surface area contributed by atoms with Crippen LogP contribution in [-0.2, 0) is 19.1 Å². The van der Waals surface area contributed by atoms with E-state index in [0.717, 1.165) is 0 Å². The molecule has 2 aromatic carbocycles. The van der Waals surface area contributed by atoms with Gasteiger partial charge in [-0.25, -0.2) is 0 Å². The van der Waals surface area contributed by atoms with Crippen LogP contribution in [0.1, 0.15) is 37.2 Å². The number of esters is 2. The quantitative estimate of drug-likeness (QED) is 0.704. The van der Waals surface area contributed by atoms with Gasteiger partial charge < -0.3 is 18.9 Å². The molecule has 2 aromatic rings. The summed E-state index contributed by atoms with van der Waals surface area (Å²) in [5, 5.41) is 0. The first-order chi connectivity index (χ1) is 12.4. The van der Waals surface area contributed by atoms with E-state index >= 15 is 0 Å². The van der Waals surface area contributed by atoms with Gasteiger partial charge in [0.05, 0.1) is 14.2 Å². The van der Waals surface area contributed by atoms with Crippen molar-refractivity contribution in [2.45, 2.75) is 26.1 Å². The lowest BCUT2D eigenvalue weighted by atomic mass is 9.97. The van der Waals surface area contributed by atoms with Crippen LogP contribution >= 0.6 is 0 Å². The van der Waals surface area contributed by atoms with Crippen molar-refractivity contribution in [1.29, 1.82) is 0 Å². The molecule has 26 heavy (non-hydrogen) atoms. The zero-order valence-electron chi connectivity index (χ0n) is 15.2. The molecule has 0 saturated carbocycles. The Morgan fingerprint density at radius 1 is 0.654 bits per heavy atom. The van der Waals surface area contributed by atoms with Gasteiger partial charge in [-0.2, -0.15) is 0 Å². The highest BCUT2D eigenvalue weighted by Gasteiger charge is 2.30. The van der Waals surface area contributed by atoms with E-state index in [4.69, 9.17) is 18.9 Å². The van der Waals surface area contributed by atoms with Crippen LogP contribution in [0.25, 0.3) is 0 Å². The minimum Gasteiger partial charge on any atom is -0.497 e. The van der Waals surface area contributed by atoms with Crippen molar-refractivity contribution < 1.29 is 28.5 Å². The molecule has 0 aromatic heterocycles. The van der Waals surface area contributed by atoms with E-state index in [0.29, 0.717) is 22.6 Å². The monoisotopic (exact) mass is 358 g/mol. The number of methoxy groups -OCH3 is 2. The predicted molar refractivity (Wildman–Crippen MR) is 95.0 cm³/mol. The standard InChI is InChI=1S/C20H22O6/c1-13(21)25-19(15-5-9-17(23-3)10-6-15)20(26-14(2)22)16-7-11-18(24-4)12-8-16/h5-12,19-20H,1-4H3. The molecule has 0 amide bonds. The second-order valence-electron chi connectivity index (χ2n) is 5.61. The number of carbonyl (C=O) groups is 2. The van der Waals surface area contributed by atoms with Crippen molar-refractivity contribution in [2.24, 2.45) is 0 Å². The Labute approximate surface area is 152 Å². The molecule has 0 N–H and O–H groups in total. The smallest absolute Gasteiger partial charge is 0.303 e. The minimum absolute atomic E-state index is 0.475. The Balaban J connectivity index is 2.45.